The molecule has 0 spiro atoms. The van der Waals surface area contributed by atoms with Crippen molar-refractivity contribution >= 4 is 27.5 Å². The fourth-order valence-corrected chi connectivity index (χ4v) is 3.08. The zero-order valence-corrected chi connectivity index (χ0v) is 14.4. The van der Waals surface area contributed by atoms with Crippen LogP contribution in [0.5, 0.6) is 0 Å². The van der Waals surface area contributed by atoms with E-state index in [1.807, 2.05) is 31.2 Å². The van der Waals surface area contributed by atoms with Crippen LogP contribution in [0, 0.1) is 12.7 Å². The van der Waals surface area contributed by atoms with Gasteiger partial charge in [0.1, 0.15) is 5.82 Å². The number of hydrogen-bond donors (Lipinski definition) is 1. The maximum absolute atomic E-state index is 13.2. The standard InChI is InChI=1S/C17H18BrClFN/c1-3-21-16(14-5-4-6-15(18)17(14)19)10-12-7-8-13(20)9-11(12)2/h4-9,16,21H,3,10H2,1-2H3. The topological polar surface area (TPSA) is 12.0 Å². The summed E-state index contributed by atoms with van der Waals surface area (Å²) in [5.74, 6) is -0.197. The molecule has 21 heavy (non-hydrogen) atoms. The van der Waals surface area contributed by atoms with Gasteiger partial charge in [-0.3, -0.25) is 0 Å². The lowest BCUT2D eigenvalue weighted by Crippen LogP contribution is -2.23. The van der Waals surface area contributed by atoms with Crippen molar-refractivity contribution in [3.8, 4) is 0 Å². The zero-order chi connectivity index (χ0) is 15.4. The first kappa shape index (κ1) is 16.5. The van der Waals surface area contributed by atoms with E-state index in [0.717, 1.165) is 39.2 Å². The molecule has 2 aromatic rings. The first-order chi connectivity index (χ1) is 10.0. The minimum atomic E-state index is -0.197. The van der Waals surface area contributed by atoms with Crippen LogP contribution in [0.25, 0.3) is 0 Å². The smallest absolute Gasteiger partial charge is 0.123 e. The molecule has 1 atom stereocenters. The fraction of sp³-hybridized carbons (Fsp3) is 0.294. The maximum Gasteiger partial charge on any atom is 0.123 e. The van der Waals surface area contributed by atoms with Gasteiger partial charge in [-0.15, -0.1) is 0 Å². The van der Waals surface area contributed by atoms with E-state index in [0.29, 0.717) is 0 Å². The predicted molar refractivity (Wildman–Crippen MR) is 90.4 cm³/mol. The lowest BCUT2D eigenvalue weighted by Gasteiger charge is -2.21. The van der Waals surface area contributed by atoms with Crippen LogP contribution < -0.4 is 5.32 Å². The van der Waals surface area contributed by atoms with Crippen LogP contribution in [0.3, 0.4) is 0 Å². The first-order valence-electron chi connectivity index (χ1n) is 6.95. The Kier molecular flexibility index (Phi) is 5.80. The molecular formula is C17H18BrClFN. The molecule has 4 heteroatoms. The number of rotatable bonds is 5. The molecule has 0 aliphatic carbocycles. The molecule has 0 fully saturated rings. The van der Waals surface area contributed by atoms with Crippen molar-refractivity contribution in [2.24, 2.45) is 0 Å². The number of halogens is 3. The van der Waals surface area contributed by atoms with Gasteiger partial charge in [-0.2, -0.15) is 0 Å². The molecule has 0 radical (unpaired) electrons. The highest BCUT2D eigenvalue weighted by Crippen LogP contribution is 2.32. The normalized spacial score (nSPS) is 12.4. The van der Waals surface area contributed by atoms with E-state index in [1.54, 1.807) is 6.07 Å². The van der Waals surface area contributed by atoms with Crippen molar-refractivity contribution in [1.82, 2.24) is 5.32 Å². The van der Waals surface area contributed by atoms with Gasteiger partial charge in [0.2, 0.25) is 0 Å². The second-order valence-electron chi connectivity index (χ2n) is 5.03. The molecule has 0 heterocycles. The second kappa shape index (κ2) is 7.39. The lowest BCUT2D eigenvalue weighted by molar-refractivity contribution is 0.547. The number of benzene rings is 2. The molecule has 0 saturated carbocycles. The fourth-order valence-electron chi connectivity index (χ4n) is 2.44. The van der Waals surface area contributed by atoms with E-state index < -0.39 is 0 Å². The molecule has 2 rings (SSSR count). The summed E-state index contributed by atoms with van der Waals surface area (Å²) in [5, 5.41) is 4.18. The number of hydrogen-bond acceptors (Lipinski definition) is 1. The monoisotopic (exact) mass is 369 g/mol. The van der Waals surface area contributed by atoms with Crippen LogP contribution in [-0.4, -0.2) is 6.54 Å². The maximum atomic E-state index is 13.2. The van der Waals surface area contributed by atoms with E-state index in [1.165, 1.54) is 6.07 Å². The Hall–Kier alpha value is -0.900. The summed E-state index contributed by atoms with van der Waals surface area (Å²) < 4.78 is 14.1. The highest BCUT2D eigenvalue weighted by atomic mass is 79.9. The van der Waals surface area contributed by atoms with Gasteiger partial charge in [-0.25, -0.2) is 4.39 Å². The summed E-state index contributed by atoms with van der Waals surface area (Å²) in [6, 6.07) is 11.0. The minimum absolute atomic E-state index is 0.101. The van der Waals surface area contributed by atoms with Crippen molar-refractivity contribution in [3.63, 3.8) is 0 Å². The Bertz CT molecular complexity index is 630. The van der Waals surface area contributed by atoms with Crippen LogP contribution in [0.4, 0.5) is 4.39 Å². The molecule has 0 saturated heterocycles. The Labute approximate surface area is 138 Å². The van der Waals surface area contributed by atoms with Crippen LogP contribution in [0.2, 0.25) is 5.02 Å². The zero-order valence-electron chi connectivity index (χ0n) is 12.1. The summed E-state index contributed by atoms with van der Waals surface area (Å²) in [6.07, 6.45) is 0.774. The van der Waals surface area contributed by atoms with Crippen LogP contribution >= 0.6 is 27.5 Å². The Morgan fingerprint density at radius 2 is 2.05 bits per heavy atom. The quantitative estimate of drug-likeness (QED) is 0.738. The molecule has 0 aliphatic rings. The van der Waals surface area contributed by atoms with Crippen LogP contribution in [-0.2, 0) is 6.42 Å². The molecular weight excluding hydrogens is 353 g/mol. The SMILES string of the molecule is CCNC(Cc1ccc(F)cc1C)c1cccc(Br)c1Cl. The van der Waals surface area contributed by atoms with Gasteiger partial charge >= 0.3 is 0 Å². The summed E-state index contributed by atoms with van der Waals surface area (Å²) in [4.78, 5) is 0. The molecule has 1 N–H and O–H groups in total. The van der Waals surface area contributed by atoms with Crippen molar-refractivity contribution < 1.29 is 4.39 Å². The largest absolute Gasteiger partial charge is 0.310 e. The van der Waals surface area contributed by atoms with E-state index >= 15 is 0 Å². The Morgan fingerprint density at radius 1 is 1.29 bits per heavy atom. The van der Waals surface area contributed by atoms with Crippen molar-refractivity contribution in [1.29, 1.82) is 0 Å². The third-order valence-corrected chi connectivity index (χ3v) is 4.85. The molecule has 0 amide bonds. The van der Waals surface area contributed by atoms with Crippen molar-refractivity contribution in [2.75, 3.05) is 6.54 Å². The van der Waals surface area contributed by atoms with Gasteiger partial charge < -0.3 is 5.32 Å². The summed E-state index contributed by atoms with van der Waals surface area (Å²) in [5.41, 5.74) is 3.14. The summed E-state index contributed by atoms with van der Waals surface area (Å²) >= 11 is 9.87. The molecule has 0 bridgehead atoms. The molecule has 112 valence electrons. The van der Waals surface area contributed by atoms with Crippen molar-refractivity contribution in [3.05, 3.63) is 68.4 Å². The van der Waals surface area contributed by atoms with Gasteiger partial charge in [0.05, 0.1) is 5.02 Å². The predicted octanol–water partition coefficient (Wildman–Crippen LogP) is 5.44. The number of likely N-dealkylation sites (N-methyl/N-ethyl adjacent to an activating group) is 1. The molecule has 1 unspecified atom stereocenters. The minimum Gasteiger partial charge on any atom is -0.310 e. The molecule has 0 aliphatic heterocycles. The van der Waals surface area contributed by atoms with Gasteiger partial charge in [0.15, 0.2) is 0 Å². The average molecular weight is 371 g/mol. The van der Waals surface area contributed by atoms with Gasteiger partial charge in [0, 0.05) is 10.5 Å². The molecule has 1 nitrogen and oxygen atoms in total. The number of aryl methyl sites for hydroxylation is 1. The lowest BCUT2D eigenvalue weighted by atomic mass is 9.96. The van der Waals surface area contributed by atoms with Gasteiger partial charge in [0.25, 0.3) is 0 Å². The highest BCUT2D eigenvalue weighted by Gasteiger charge is 2.17. The van der Waals surface area contributed by atoms with E-state index in [9.17, 15) is 4.39 Å². The molecule has 2 aromatic carbocycles. The van der Waals surface area contributed by atoms with Crippen LogP contribution in [0.15, 0.2) is 40.9 Å². The second-order valence-corrected chi connectivity index (χ2v) is 6.26. The van der Waals surface area contributed by atoms with Crippen LogP contribution in [0.1, 0.15) is 29.7 Å². The van der Waals surface area contributed by atoms with Crippen molar-refractivity contribution in [2.45, 2.75) is 26.3 Å². The van der Waals surface area contributed by atoms with E-state index in [4.69, 9.17) is 11.6 Å². The van der Waals surface area contributed by atoms with Gasteiger partial charge in [-0.05, 0) is 70.7 Å². The summed E-state index contributed by atoms with van der Waals surface area (Å²) in [6.45, 7) is 4.84. The molecule has 0 aromatic heterocycles. The Morgan fingerprint density at radius 3 is 2.71 bits per heavy atom. The van der Waals surface area contributed by atoms with E-state index in [2.05, 4.69) is 28.2 Å². The average Bonchev–Trinajstić information content (AvgIpc) is 2.44. The summed E-state index contributed by atoms with van der Waals surface area (Å²) in [7, 11) is 0. The Balaban J connectivity index is 2.33. The third-order valence-electron chi connectivity index (χ3n) is 3.54. The first-order valence-corrected chi connectivity index (χ1v) is 8.12. The number of nitrogens with one attached hydrogen (secondary N) is 1. The van der Waals surface area contributed by atoms with Gasteiger partial charge in [-0.1, -0.05) is 36.7 Å². The van der Waals surface area contributed by atoms with E-state index in [-0.39, 0.29) is 11.9 Å². The highest BCUT2D eigenvalue weighted by molar-refractivity contribution is 9.10. The third kappa shape index (κ3) is 4.06.